The van der Waals surface area contributed by atoms with Crippen molar-refractivity contribution in [3.63, 3.8) is 0 Å². The molecule has 2 aromatic carbocycles. The third kappa shape index (κ3) is 5.91. The van der Waals surface area contributed by atoms with Gasteiger partial charge in [0.25, 0.3) is 0 Å². The number of benzene rings is 2. The van der Waals surface area contributed by atoms with Crippen LogP contribution >= 0.6 is 0 Å². The molecule has 0 saturated carbocycles. The van der Waals surface area contributed by atoms with Crippen molar-refractivity contribution in [2.45, 2.75) is 27.7 Å². The zero-order valence-corrected chi connectivity index (χ0v) is 15.8. The zero-order chi connectivity index (χ0) is 18.4. The molecular formula is C21H28N2O2. The van der Waals surface area contributed by atoms with Crippen LogP contribution in [0.4, 0.5) is 5.69 Å². The summed E-state index contributed by atoms with van der Waals surface area (Å²) in [6.07, 6.45) is 0. The first-order chi connectivity index (χ1) is 11.8. The predicted molar refractivity (Wildman–Crippen MR) is 103 cm³/mol. The van der Waals surface area contributed by atoms with Gasteiger partial charge in [-0.3, -0.25) is 9.69 Å². The Kier molecular flexibility index (Phi) is 6.59. The van der Waals surface area contributed by atoms with Crippen molar-refractivity contribution >= 4 is 11.6 Å². The number of nitrogens with one attached hydrogen (secondary N) is 1. The van der Waals surface area contributed by atoms with Crippen LogP contribution in [0.15, 0.2) is 36.4 Å². The average molecular weight is 340 g/mol. The summed E-state index contributed by atoms with van der Waals surface area (Å²) in [5.41, 5.74) is 5.49. The highest BCUT2D eigenvalue weighted by molar-refractivity contribution is 5.93. The van der Waals surface area contributed by atoms with Crippen LogP contribution in [0.3, 0.4) is 0 Å². The highest BCUT2D eigenvalue weighted by atomic mass is 16.5. The molecule has 0 heterocycles. The van der Waals surface area contributed by atoms with Crippen molar-refractivity contribution in [1.29, 1.82) is 0 Å². The first-order valence-corrected chi connectivity index (χ1v) is 8.61. The van der Waals surface area contributed by atoms with Crippen LogP contribution < -0.4 is 10.1 Å². The van der Waals surface area contributed by atoms with E-state index in [-0.39, 0.29) is 5.91 Å². The summed E-state index contributed by atoms with van der Waals surface area (Å²) in [5, 5.41) is 3.03. The van der Waals surface area contributed by atoms with E-state index in [4.69, 9.17) is 4.74 Å². The van der Waals surface area contributed by atoms with E-state index < -0.39 is 0 Å². The Morgan fingerprint density at radius 3 is 2.36 bits per heavy atom. The summed E-state index contributed by atoms with van der Waals surface area (Å²) in [4.78, 5) is 14.3. The van der Waals surface area contributed by atoms with Gasteiger partial charge >= 0.3 is 0 Å². The number of likely N-dealkylation sites (N-methyl/N-ethyl adjacent to an activating group) is 1. The van der Waals surface area contributed by atoms with Gasteiger partial charge in [-0.05, 0) is 63.6 Å². The fourth-order valence-corrected chi connectivity index (χ4v) is 2.90. The van der Waals surface area contributed by atoms with Crippen molar-refractivity contribution in [3.05, 3.63) is 58.7 Å². The van der Waals surface area contributed by atoms with Gasteiger partial charge in [0.1, 0.15) is 12.4 Å². The first-order valence-electron chi connectivity index (χ1n) is 8.61. The van der Waals surface area contributed by atoms with Crippen LogP contribution in [-0.2, 0) is 4.79 Å². The topological polar surface area (TPSA) is 41.6 Å². The highest BCUT2D eigenvalue weighted by Gasteiger charge is 2.10. The normalized spacial score (nSPS) is 10.8. The number of aryl methyl sites for hydroxylation is 4. The van der Waals surface area contributed by atoms with E-state index >= 15 is 0 Å². The van der Waals surface area contributed by atoms with Crippen molar-refractivity contribution < 1.29 is 9.53 Å². The third-order valence-electron chi connectivity index (χ3n) is 4.09. The van der Waals surface area contributed by atoms with Crippen LogP contribution in [0.5, 0.6) is 5.75 Å². The van der Waals surface area contributed by atoms with Gasteiger partial charge < -0.3 is 10.1 Å². The van der Waals surface area contributed by atoms with Crippen molar-refractivity contribution in [3.8, 4) is 5.75 Å². The lowest BCUT2D eigenvalue weighted by Crippen LogP contribution is -2.33. The van der Waals surface area contributed by atoms with E-state index in [0.29, 0.717) is 19.7 Å². The van der Waals surface area contributed by atoms with Crippen LogP contribution in [0, 0.1) is 27.7 Å². The Labute approximate surface area is 150 Å². The minimum atomic E-state index is -0.00638. The predicted octanol–water partition coefficient (Wildman–Crippen LogP) is 3.87. The number of carbonyl (C=O) groups is 1. The number of nitrogens with zero attached hydrogens (tertiary/aromatic N) is 1. The molecular weight excluding hydrogens is 312 g/mol. The van der Waals surface area contributed by atoms with Crippen LogP contribution in [0.25, 0.3) is 0 Å². The van der Waals surface area contributed by atoms with Gasteiger partial charge in [-0.1, -0.05) is 29.8 Å². The molecule has 0 aliphatic heterocycles. The fourth-order valence-electron chi connectivity index (χ4n) is 2.90. The number of amides is 1. The maximum absolute atomic E-state index is 12.3. The molecule has 2 aromatic rings. The van der Waals surface area contributed by atoms with E-state index in [1.807, 2.05) is 57.0 Å². The monoisotopic (exact) mass is 340 g/mol. The number of rotatable bonds is 7. The molecule has 2 rings (SSSR count). The molecule has 0 unspecified atom stereocenters. The van der Waals surface area contributed by atoms with Gasteiger partial charge in [-0.15, -0.1) is 0 Å². The Bertz CT molecular complexity index is 717. The van der Waals surface area contributed by atoms with Gasteiger partial charge in [-0.25, -0.2) is 0 Å². The molecule has 1 amide bonds. The van der Waals surface area contributed by atoms with Crippen LogP contribution in [0.1, 0.15) is 22.3 Å². The van der Waals surface area contributed by atoms with Gasteiger partial charge in [0.05, 0.1) is 6.54 Å². The van der Waals surface area contributed by atoms with Gasteiger partial charge in [0.15, 0.2) is 0 Å². The third-order valence-corrected chi connectivity index (χ3v) is 4.09. The van der Waals surface area contributed by atoms with E-state index in [1.54, 1.807) is 0 Å². The SMILES string of the molecule is Cc1cccc(OCCN(C)CC(=O)Nc2c(C)cc(C)cc2C)c1. The lowest BCUT2D eigenvalue weighted by molar-refractivity contribution is -0.117. The molecule has 4 nitrogen and oxygen atoms in total. The van der Waals surface area contributed by atoms with Crippen LogP contribution in [0.2, 0.25) is 0 Å². The lowest BCUT2D eigenvalue weighted by atomic mass is 10.1. The molecule has 25 heavy (non-hydrogen) atoms. The highest BCUT2D eigenvalue weighted by Crippen LogP contribution is 2.21. The van der Waals surface area contributed by atoms with E-state index in [1.165, 1.54) is 11.1 Å². The number of hydrogen-bond donors (Lipinski definition) is 1. The minimum Gasteiger partial charge on any atom is -0.492 e. The molecule has 0 radical (unpaired) electrons. The molecule has 0 aliphatic rings. The molecule has 0 aliphatic carbocycles. The molecule has 134 valence electrons. The Morgan fingerprint density at radius 2 is 1.72 bits per heavy atom. The van der Waals surface area contributed by atoms with E-state index in [2.05, 4.69) is 24.4 Å². The number of ether oxygens (including phenoxy) is 1. The molecule has 0 aromatic heterocycles. The lowest BCUT2D eigenvalue weighted by Gasteiger charge is -2.18. The second kappa shape index (κ2) is 8.67. The molecule has 4 heteroatoms. The summed E-state index contributed by atoms with van der Waals surface area (Å²) >= 11 is 0. The first kappa shape index (κ1) is 19.0. The molecule has 0 bridgehead atoms. The maximum Gasteiger partial charge on any atom is 0.238 e. The number of anilines is 1. The standard InChI is InChI=1S/C21H28N2O2/c1-15-7-6-8-19(13-15)25-10-9-23(5)14-20(24)22-21-17(3)11-16(2)12-18(21)4/h6-8,11-13H,9-10,14H2,1-5H3,(H,22,24). The van der Waals surface area contributed by atoms with Crippen molar-refractivity contribution in [2.24, 2.45) is 0 Å². The fraction of sp³-hybridized carbons (Fsp3) is 0.381. The largest absolute Gasteiger partial charge is 0.492 e. The Morgan fingerprint density at radius 1 is 1.04 bits per heavy atom. The second-order valence-corrected chi connectivity index (χ2v) is 6.72. The molecule has 0 fully saturated rings. The molecule has 0 spiro atoms. The molecule has 0 atom stereocenters. The van der Waals surface area contributed by atoms with Crippen LogP contribution in [-0.4, -0.2) is 37.6 Å². The Balaban J connectivity index is 1.80. The Hall–Kier alpha value is -2.33. The number of carbonyl (C=O) groups excluding carboxylic acids is 1. The van der Waals surface area contributed by atoms with Gasteiger partial charge in [0, 0.05) is 12.2 Å². The van der Waals surface area contributed by atoms with E-state index in [9.17, 15) is 4.79 Å². The molecule has 0 saturated heterocycles. The quantitative estimate of drug-likeness (QED) is 0.832. The molecule has 1 N–H and O–H groups in total. The smallest absolute Gasteiger partial charge is 0.238 e. The zero-order valence-electron chi connectivity index (χ0n) is 15.8. The maximum atomic E-state index is 12.3. The summed E-state index contributed by atoms with van der Waals surface area (Å²) in [7, 11) is 1.92. The van der Waals surface area contributed by atoms with Crippen molar-refractivity contribution in [2.75, 3.05) is 32.1 Å². The van der Waals surface area contributed by atoms with Gasteiger partial charge in [0.2, 0.25) is 5.91 Å². The summed E-state index contributed by atoms with van der Waals surface area (Å²) in [6.45, 7) is 9.73. The summed E-state index contributed by atoms with van der Waals surface area (Å²) < 4.78 is 5.74. The number of hydrogen-bond acceptors (Lipinski definition) is 3. The average Bonchev–Trinajstić information content (AvgIpc) is 2.51. The summed E-state index contributed by atoms with van der Waals surface area (Å²) in [6, 6.07) is 12.1. The van der Waals surface area contributed by atoms with E-state index in [0.717, 1.165) is 22.6 Å². The van der Waals surface area contributed by atoms with Gasteiger partial charge in [-0.2, -0.15) is 0 Å². The minimum absolute atomic E-state index is 0.00638. The van der Waals surface area contributed by atoms with Crippen molar-refractivity contribution in [1.82, 2.24) is 4.90 Å². The summed E-state index contributed by atoms with van der Waals surface area (Å²) in [5.74, 6) is 0.858. The second-order valence-electron chi connectivity index (χ2n) is 6.72.